The molecule has 0 radical (unpaired) electrons. The van der Waals surface area contributed by atoms with Gasteiger partial charge >= 0.3 is 6.03 Å². The highest BCUT2D eigenvalue weighted by molar-refractivity contribution is 5.74. The fraction of sp³-hybridized carbons (Fsp3) is 0.611. The van der Waals surface area contributed by atoms with E-state index in [2.05, 4.69) is 39.8 Å². The van der Waals surface area contributed by atoms with Gasteiger partial charge in [-0.05, 0) is 57.2 Å². The van der Waals surface area contributed by atoms with Crippen molar-refractivity contribution in [1.82, 2.24) is 10.6 Å². The molecule has 23 heavy (non-hydrogen) atoms. The van der Waals surface area contributed by atoms with Gasteiger partial charge in [0.1, 0.15) is 0 Å². The van der Waals surface area contributed by atoms with E-state index in [1.54, 1.807) is 0 Å². The minimum Gasteiger partial charge on any atom is -0.396 e. The number of aliphatic hydroxyl groups excluding tert-OH is 1. The number of anilines is 1. The van der Waals surface area contributed by atoms with Crippen LogP contribution in [0.3, 0.4) is 0 Å². The van der Waals surface area contributed by atoms with E-state index in [1.807, 2.05) is 20.8 Å². The van der Waals surface area contributed by atoms with Gasteiger partial charge in [-0.1, -0.05) is 12.1 Å². The standard InChI is InChI=1S/C18H29N3O2/c1-18(2,3)20-17(23)19-12-14-4-6-16(7-5-14)21-10-8-15(13-22)9-11-21/h4-7,15,22H,8-13H2,1-3H3,(H2,19,20,23). The molecule has 5 nitrogen and oxygen atoms in total. The van der Waals surface area contributed by atoms with Crippen LogP contribution in [0.15, 0.2) is 24.3 Å². The summed E-state index contributed by atoms with van der Waals surface area (Å²) < 4.78 is 0. The molecule has 1 aromatic rings. The van der Waals surface area contributed by atoms with E-state index >= 15 is 0 Å². The molecule has 1 aliphatic rings. The predicted octanol–water partition coefficient (Wildman–Crippen LogP) is 2.49. The summed E-state index contributed by atoms with van der Waals surface area (Å²) in [6, 6.07) is 8.19. The predicted molar refractivity (Wildman–Crippen MR) is 93.6 cm³/mol. The Kier molecular flexibility index (Phi) is 5.88. The number of hydrogen-bond donors (Lipinski definition) is 3. The minimum absolute atomic E-state index is 0.146. The average Bonchev–Trinajstić information content (AvgIpc) is 2.52. The fourth-order valence-corrected chi connectivity index (χ4v) is 2.77. The Morgan fingerprint density at radius 1 is 1.22 bits per heavy atom. The van der Waals surface area contributed by atoms with Crippen molar-refractivity contribution in [3.8, 4) is 0 Å². The van der Waals surface area contributed by atoms with E-state index in [0.29, 0.717) is 19.1 Å². The molecule has 1 aliphatic heterocycles. The number of carbonyl (C=O) groups is 1. The van der Waals surface area contributed by atoms with Crippen LogP contribution in [-0.4, -0.2) is 36.4 Å². The summed E-state index contributed by atoms with van der Waals surface area (Å²) in [7, 11) is 0. The van der Waals surface area contributed by atoms with Gasteiger partial charge in [0.2, 0.25) is 0 Å². The topological polar surface area (TPSA) is 64.6 Å². The Morgan fingerprint density at radius 2 is 1.83 bits per heavy atom. The zero-order valence-electron chi connectivity index (χ0n) is 14.4. The first-order chi connectivity index (χ1) is 10.9. The van der Waals surface area contributed by atoms with Crippen molar-refractivity contribution in [2.75, 3.05) is 24.6 Å². The highest BCUT2D eigenvalue weighted by Crippen LogP contribution is 2.23. The summed E-state index contributed by atoms with van der Waals surface area (Å²) in [5.74, 6) is 0.455. The molecule has 2 amide bonds. The maximum Gasteiger partial charge on any atom is 0.315 e. The largest absolute Gasteiger partial charge is 0.396 e. The second kappa shape index (κ2) is 7.68. The van der Waals surface area contributed by atoms with Crippen LogP contribution in [0.25, 0.3) is 0 Å². The molecule has 2 rings (SSSR count). The van der Waals surface area contributed by atoms with Crippen molar-refractivity contribution < 1.29 is 9.90 Å². The molecule has 0 unspecified atom stereocenters. The van der Waals surface area contributed by atoms with E-state index in [1.165, 1.54) is 5.69 Å². The van der Waals surface area contributed by atoms with Crippen molar-refractivity contribution in [2.24, 2.45) is 5.92 Å². The first kappa shape index (κ1) is 17.6. The zero-order valence-corrected chi connectivity index (χ0v) is 14.4. The van der Waals surface area contributed by atoms with Crippen LogP contribution in [0.5, 0.6) is 0 Å². The summed E-state index contributed by atoms with van der Waals surface area (Å²) in [5.41, 5.74) is 2.07. The van der Waals surface area contributed by atoms with E-state index in [4.69, 9.17) is 0 Å². The molecule has 0 saturated carbocycles. The lowest BCUT2D eigenvalue weighted by Crippen LogP contribution is -2.46. The molecule has 1 aromatic carbocycles. The molecule has 0 bridgehead atoms. The van der Waals surface area contributed by atoms with Gasteiger partial charge in [-0.15, -0.1) is 0 Å². The van der Waals surface area contributed by atoms with E-state index in [-0.39, 0.29) is 11.6 Å². The lowest BCUT2D eigenvalue weighted by Gasteiger charge is -2.33. The highest BCUT2D eigenvalue weighted by atomic mass is 16.3. The van der Waals surface area contributed by atoms with Crippen LogP contribution < -0.4 is 15.5 Å². The van der Waals surface area contributed by atoms with Crippen molar-refractivity contribution in [3.05, 3.63) is 29.8 Å². The van der Waals surface area contributed by atoms with E-state index < -0.39 is 0 Å². The van der Waals surface area contributed by atoms with Crippen molar-refractivity contribution in [3.63, 3.8) is 0 Å². The summed E-state index contributed by atoms with van der Waals surface area (Å²) in [5, 5.41) is 15.0. The monoisotopic (exact) mass is 319 g/mol. The summed E-state index contributed by atoms with van der Waals surface area (Å²) >= 11 is 0. The summed E-state index contributed by atoms with van der Waals surface area (Å²) in [6.07, 6.45) is 2.10. The van der Waals surface area contributed by atoms with Gasteiger partial charge in [0.15, 0.2) is 0 Å². The lowest BCUT2D eigenvalue weighted by molar-refractivity contribution is 0.203. The van der Waals surface area contributed by atoms with Crippen LogP contribution in [-0.2, 0) is 6.54 Å². The van der Waals surface area contributed by atoms with Gasteiger partial charge in [0.05, 0.1) is 0 Å². The third-order valence-corrected chi connectivity index (χ3v) is 4.12. The summed E-state index contributed by atoms with van der Waals surface area (Å²) in [6.45, 7) is 8.70. The molecule has 1 saturated heterocycles. The number of benzene rings is 1. The fourth-order valence-electron chi connectivity index (χ4n) is 2.77. The normalized spacial score (nSPS) is 16.3. The molecular weight excluding hydrogens is 290 g/mol. The van der Waals surface area contributed by atoms with Crippen LogP contribution in [0.1, 0.15) is 39.2 Å². The lowest BCUT2D eigenvalue weighted by atomic mass is 9.97. The number of carbonyl (C=O) groups excluding carboxylic acids is 1. The number of piperidine rings is 1. The maximum atomic E-state index is 11.8. The minimum atomic E-state index is -0.228. The van der Waals surface area contributed by atoms with Crippen molar-refractivity contribution in [1.29, 1.82) is 0 Å². The summed E-state index contributed by atoms with van der Waals surface area (Å²) in [4.78, 5) is 14.1. The first-order valence-electron chi connectivity index (χ1n) is 8.38. The molecular formula is C18H29N3O2. The molecule has 3 N–H and O–H groups in total. The second-order valence-corrected chi connectivity index (χ2v) is 7.34. The van der Waals surface area contributed by atoms with Gasteiger partial charge in [-0.2, -0.15) is 0 Å². The third kappa shape index (κ3) is 5.75. The molecule has 0 atom stereocenters. The Balaban J connectivity index is 1.82. The van der Waals surface area contributed by atoms with Crippen LogP contribution in [0.2, 0.25) is 0 Å². The smallest absolute Gasteiger partial charge is 0.315 e. The Morgan fingerprint density at radius 3 is 2.35 bits per heavy atom. The Hall–Kier alpha value is -1.75. The van der Waals surface area contributed by atoms with Crippen LogP contribution in [0, 0.1) is 5.92 Å². The molecule has 5 heteroatoms. The zero-order chi connectivity index (χ0) is 16.9. The van der Waals surface area contributed by atoms with Gasteiger partial charge in [-0.3, -0.25) is 0 Å². The molecule has 0 spiro atoms. The molecule has 1 heterocycles. The average molecular weight is 319 g/mol. The maximum absolute atomic E-state index is 11.8. The van der Waals surface area contributed by atoms with E-state index in [0.717, 1.165) is 31.5 Å². The van der Waals surface area contributed by atoms with E-state index in [9.17, 15) is 9.90 Å². The van der Waals surface area contributed by atoms with Gasteiger partial charge < -0.3 is 20.6 Å². The number of hydrogen-bond acceptors (Lipinski definition) is 3. The first-order valence-corrected chi connectivity index (χ1v) is 8.38. The van der Waals surface area contributed by atoms with Crippen molar-refractivity contribution in [2.45, 2.75) is 45.7 Å². The molecule has 1 fully saturated rings. The Labute approximate surface area is 139 Å². The third-order valence-electron chi connectivity index (χ3n) is 4.12. The van der Waals surface area contributed by atoms with Gasteiger partial charge in [-0.25, -0.2) is 4.79 Å². The van der Waals surface area contributed by atoms with Gasteiger partial charge in [0.25, 0.3) is 0 Å². The quantitative estimate of drug-likeness (QED) is 0.799. The number of nitrogens with zero attached hydrogens (tertiary/aromatic N) is 1. The second-order valence-electron chi connectivity index (χ2n) is 7.34. The van der Waals surface area contributed by atoms with Crippen LogP contribution >= 0.6 is 0 Å². The van der Waals surface area contributed by atoms with Crippen molar-refractivity contribution >= 4 is 11.7 Å². The number of amides is 2. The van der Waals surface area contributed by atoms with Crippen LogP contribution in [0.4, 0.5) is 10.5 Å². The Bertz CT molecular complexity index is 500. The molecule has 0 aliphatic carbocycles. The number of nitrogens with one attached hydrogen (secondary N) is 2. The molecule has 0 aromatic heterocycles. The number of rotatable bonds is 4. The van der Waals surface area contributed by atoms with Gasteiger partial charge in [0, 0.05) is 37.5 Å². The SMILES string of the molecule is CC(C)(C)NC(=O)NCc1ccc(N2CCC(CO)CC2)cc1. The highest BCUT2D eigenvalue weighted by Gasteiger charge is 2.18. The number of aliphatic hydroxyl groups is 1. The number of urea groups is 1. The molecule has 128 valence electrons.